The lowest BCUT2D eigenvalue weighted by molar-refractivity contribution is -0.118. The molecule has 2 rings (SSSR count). The Morgan fingerprint density at radius 1 is 1.00 bits per heavy atom. The largest absolute Gasteiger partial charge is 0.396 e. The van der Waals surface area contributed by atoms with Gasteiger partial charge in [-0.15, -0.1) is 0 Å². The summed E-state index contributed by atoms with van der Waals surface area (Å²) in [7, 11) is 1.74. The molecule has 0 radical (unpaired) electrons. The van der Waals surface area contributed by atoms with Gasteiger partial charge in [-0.2, -0.15) is 0 Å². The van der Waals surface area contributed by atoms with Gasteiger partial charge in [0.2, 0.25) is 5.91 Å². The second kappa shape index (κ2) is 10.8. The zero-order valence-electron chi connectivity index (χ0n) is 12.8. The molecule has 0 aliphatic heterocycles. The standard InChI is InChI=1S/C12H16ClNO2.C6H6/c1-14(12(16)4-2-3-9-15)11-7-5-10(13)6-8-11;1-2-4-6-5-3-1/h5-8,15H,2-4,9H2,1H3;1-6H. The van der Waals surface area contributed by atoms with Gasteiger partial charge < -0.3 is 10.0 Å². The third kappa shape index (κ3) is 7.25. The lowest BCUT2D eigenvalue weighted by Gasteiger charge is -2.17. The van der Waals surface area contributed by atoms with Gasteiger partial charge in [0.1, 0.15) is 0 Å². The van der Waals surface area contributed by atoms with Crippen molar-refractivity contribution >= 4 is 23.2 Å². The normalized spacial score (nSPS) is 9.59. The fraction of sp³-hybridized carbons (Fsp3) is 0.278. The minimum Gasteiger partial charge on any atom is -0.396 e. The molecule has 0 bridgehead atoms. The van der Waals surface area contributed by atoms with Gasteiger partial charge in [-0.1, -0.05) is 48.0 Å². The van der Waals surface area contributed by atoms with E-state index in [9.17, 15) is 4.79 Å². The molecule has 0 heterocycles. The molecule has 1 amide bonds. The Hall–Kier alpha value is -1.84. The number of unbranched alkanes of at least 4 members (excludes halogenated alkanes) is 1. The number of aliphatic hydroxyl groups excluding tert-OH is 1. The number of rotatable bonds is 5. The van der Waals surface area contributed by atoms with Gasteiger partial charge in [0, 0.05) is 30.8 Å². The predicted octanol–water partition coefficient (Wildman–Crippen LogP) is 4.15. The van der Waals surface area contributed by atoms with Crippen LogP contribution >= 0.6 is 11.6 Å². The number of carbonyl (C=O) groups excluding carboxylic acids is 1. The quantitative estimate of drug-likeness (QED) is 0.841. The van der Waals surface area contributed by atoms with E-state index in [0.717, 1.165) is 5.69 Å². The van der Waals surface area contributed by atoms with Crippen LogP contribution in [0.5, 0.6) is 0 Å². The number of hydrogen-bond acceptors (Lipinski definition) is 2. The molecule has 1 N–H and O–H groups in total. The molecule has 0 aromatic heterocycles. The van der Waals surface area contributed by atoms with E-state index in [-0.39, 0.29) is 12.5 Å². The van der Waals surface area contributed by atoms with Crippen LogP contribution in [-0.4, -0.2) is 24.7 Å². The van der Waals surface area contributed by atoms with Crippen molar-refractivity contribution in [3.05, 3.63) is 65.7 Å². The van der Waals surface area contributed by atoms with Crippen molar-refractivity contribution in [2.45, 2.75) is 19.3 Å². The first kappa shape index (κ1) is 18.2. The molecule has 0 aliphatic rings. The maximum Gasteiger partial charge on any atom is 0.226 e. The van der Waals surface area contributed by atoms with Crippen LogP contribution < -0.4 is 4.90 Å². The number of hydrogen-bond donors (Lipinski definition) is 1. The fourth-order valence-corrected chi connectivity index (χ4v) is 1.88. The molecule has 0 saturated carbocycles. The van der Waals surface area contributed by atoms with Crippen LogP contribution in [0.25, 0.3) is 0 Å². The second-order valence-corrected chi connectivity index (χ2v) is 5.20. The van der Waals surface area contributed by atoms with Gasteiger partial charge >= 0.3 is 0 Å². The van der Waals surface area contributed by atoms with Crippen molar-refractivity contribution in [2.75, 3.05) is 18.6 Å². The summed E-state index contributed by atoms with van der Waals surface area (Å²) < 4.78 is 0. The Kier molecular flexibility index (Phi) is 8.96. The maximum absolute atomic E-state index is 11.7. The summed E-state index contributed by atoms with van der Waals surface area (Å²) in [5, 5.41) is 9.28. The predicted molar refractivity (Wildman–Crippen MR) is 92.2 cm³/mol. The Morgan fingerprint density at radius 2 is 1.50 bits per heavy atom. The van der Waals surface area contributed by atoms with Crippen LogP contribution in [0.1, 0.15) is 19.3 Å². The SMILES string of the molecule is CN(C(=O)CCCCO)c1ccc(Cl)cc1.c1ccccc1. The molecule has 4 heteroatoms. The third-order valence-electron chi connectivity index (χ3n) is 3.05. The average Bonchev–Trinajstić information content (AvgIpc) is 2.57. The van der Waals surface area contributed by atoms with Crippen molar-refractivity contribution in [3.63, 3.8) is 0 Å². The number of benzene rings is 2. The topological polar surface area (TPSA) is 40.5 Å². The van der Waals surface area contributed by atoms with Crippen LogP contribution in [0.4, 0.5) is 5.69 Å². The van der Waals surface area contributed by atoms with Crippen LogP contribution in [-0.2, 0) is 4.79 Å². The molecule has 0 fully saturated rings. The lowest BCUT2D eigenvalue weighted by Crippen LogP contribution is -2.25. The van der Waals surface area contributed by atoms with Crippen molar-refractivity contribution in [1.29, 1.82) is 0 Å². The molecule has 0 atom stereocenters. The van der Waals surface area contributed by atoms with E-state index in [0.29, 0.717) is 24.3 Å². The molecule has 0 unspecified atom stereocenters. The second-order valence-electron chi connectivity index (χ2n) is 4.76. The molecule has 0 aliphatic carbocycles. The third-order valence-corrected chi connectivity index (χ3v) is 3.31. The summed E-state index contributed by atoms with van der Waals surface area (Å²) >= 11 is 5.77. The summed E-state index contributed by atoms with van der Waals surface area (Å²) in [5.74, 6) is 0.0516. The highest BCUT2D eigenvalue weighted by Crippen LogP contribution is 2.17. The van der Waals surface area contributed by atoms with Crippen LogP contribution in [0.15, 0.2) is 60.7 Å². The molecule has 2 aromatic carbocycles. The van der Waals surface area contributed by atoms with Gasteiger partial charge in [0.05, 0.1) is 0 Å². The number of anilines is 1. The van der Waals surface area contributed by atoms with Crippen molar-refractivity contribution in [3.8, 4) is 0 Å². The first-order valence-corrected chi connectivity index (χ1v) is 7.66. The van der Waals surface area contributed by atoms with E-state index in [1.807, 2.05) is 48.5 Å². The summed E-state index contributed by atoms with van der Waals surface area (Å²) in [4.78, 5) is 13.3. The molecule has 0 saturated heterocycles. The zero-order valence-corrected chi connectivity index (χ0v) is 13.5. The highest BCUT2D eigenvalue weighted by atomic mass is 35.5. The first-order valence-electron chi connectivity index (χ1n) is 7.28. The van der Waals surface area contributed by atoms with Crippen molar-refractivity contribution in [1.82, 2.24) is 0 Å². The number of nitrogens with zero attached hydrogens (tertiary/aromatic N) is 1. The maximum atomic E-state index is 11.7. The Bertz CT molecular complexity index is 502. The van der Waals surface area contributed by atoms with E-state index in [1.165, 1.54) is 0 Å². The zero-order chi connectivity index (χ0) is 16.2. The van der Waals surface area contributed by atoms with Gasteiger partial charge in [-0.3, -0.25) is 4.79 Å². The molecule has 0 spiro atoms. The molecule has 22 heavy (non-hydrogen) atoms. The average molecular weight is 320 g/mol. The Labute approximate surface area is 137 Å². The fourth-order valence-electron chi connectivity index (χ4n) is 1.75. The lowest BCUT2D eigenvalue weighted by atomic mass is 10.2. The first-order chi connectivity index (χ1) is 10.6. The number of amides is 1. The molecule has 3 nitrogen and oxygen atoms in total. The minimum atomic E-state index is 0.0516. The van der Waals surface area contributed by atoms with Crippen LogP contribution in [0.2, 0.25) is 5.02 Å². The van der Waals surface area contributed by atoms with E-state index < -0.39 is 0 Å². The van der Waals surface area contributed by atoms with Crippen LogP contribution in [0.3, 0.4) is 0 Å². The van der Waals surface area contributed by atoms with E-state index in [2.05, 4.69) is 0 Å². The molecule has 2 aromatic rings. The monoisotopic (exact) mass is 319 g/mol. The highest BCUT2D eigenvalue weighted by Gasteiger charge is 2.09. The van der Waals surface area contributed by atoms with Crippen molar-refractivity contribution < 1.29 is 9.90 Å². The summed E-state index contributed by atoms with van der Waals surface area (Å²) in [6.45, 7) is 0.137. The molecular formula is C18H22ClNO2. The Balaban J connectivity index is 0.000000335. The summed E-state index contributed by atoms with van der Waals surface area (Å²) in [5.41, 5.74) is 0.832. The molecule has 118 valence electrons. The van der Waals surface area contributed by atoms with Gasteiger partial charge in [0.15, 0.2) is 0 Å². The number of carbonyl (C=O) groups is 1. The van der Waals surface area contributed by atoms with Crippen LogP contribution in [0, 0.1) is 0 Å². The van der Waals surface area contributed by atoms with Gasteiger partial charge in [-0.25, -0.2) is 0 Å². The smallest absolute Gasteiger partial charge is 0.226 e. The number of aliphatic hydroxyl groups is 1. The van der Waals surface area contributed by atoms with Gasteiger partial charge in [-0.05, 0) is 37.1 Å². The van der Waals surface area contributed by atoms with E-state index in [1.54, 1.807) is 24.1 Å². The number of halogens is 1. The summed E-state index contributed by atoms with van der Waals surface area (Å²) in [6, 6.07) is 19.1. The van der Waals surface area contributed by atoms with Crippen molar-refractivity contribution in [2.24, 2.45) is 0 Å². The van der Waals surface area contributed by atoms with E-state index >= 15 is 0 Å². The Morgan fingerprint density at radius 3 is 1.95 bits per heavy atom. The van der Waals surface area contributed by atoms with Gasteiger partial charge in [0.25, 0.3) is 0 Å². The minimum absolute atomic E-state index is 0.0516. The molecular weight excluding hydrogens is 298 g/mol. The summed E-state index contributed by atoms with van der Waals surface area (Å²) in [6.07, 6.45) is 1.84. The van der Waals surface area contributed by atoms with E-state index in [4.69, 9.17) is 16.7 Å². The highest BCUT2D eigenvalue weighted by molar-refractivity contribution is 6.30.